The van der Waals surface area contributed by atoms with E-state index in [0.29, 0.717) is 26.0 Å². The molecule has 5 nitrogen and oxygen atoms in total. The third-order valence-electron chi connectivity index (χ3n) is 2.91. The molecule has 0 aliphatic heterocycles. The van der Waals surface area contributed by atoms with Crippen molar-refractivity contribution in [3.8, 4) is 0 Å². The molecule has 0 radical (unpaired) electrons. The van der Waals surface area contributed by atoms with Gasteiger partial charge in [0.05, 0.1) is 6.61 Å². The maximum Gasteiger partial charge on any atom is 0.305 e. The van der Waals surface area contributed by atoms with E-state index in [4.69, 9.17) is 10.5 Å². The standard InChI is InChI=1S/C14H28N2O3/c1-4-19-13(17)9-6-10-16-14(18)11(2)7-5-8-12(3)15/h11-12H,4-10,15H2,1-3H3,(H,16,18). The zero-order valence-corrected chi connectivity index (χ0v) is 12.4. The van der Waals surface area contributed by atoms with Gasteiger partial charge in [0.25, 0.3) is 0 Å². The van der Waals surface area contributed by atoms with Crippen molar-refractivity contribution in [2.45, 2.75) is 58.9 Å². The molecular formula is C14H28N2O3. The Morgan fingerprint density at radius 2 is 1.89 bits per heavy atom. The van der Waals surface area contributed by atoms with Crippen molar-refractivity contribution >= 4 is 11.9 Å². The molecule has 0 saturated heterocycles. The summed E-state index contributed by atoms with van der Waals surface area (Å²) in [5.41, 5.74) is 5.66. The molecule has 0 heterocycles. The number of carbonyl (C=O) groups excluding carboxylic acids is 2. The molecule has 0 aliphatic rings. The van der Waals surface area contributed by atoms with Crippen LogP contribution < -0.4 is 11.1 Å². The topological polar surface area (TPSA) is 81.4 Å². The highest BCUT2D eigenvalue weighted by atomic mass is 16.5. The molecule has 0 rings (SSSR count). The minimum Gasteiger partial charge on any atom is -0.466 e. The summed E-state index contributed by atoms with van der Waals surface area (Å²) >= 11 is 0. The Hall–Kier alpha value is -1.10. The molecule has 2 unspecified atom stereocenters. The van der Waals surface area contributed by atoms with Crippen LogP contribution in [0, 0.1) is 5.92 Å². The lowest BCUT2D eigenvalue weighted by atomic mass is 10.0. The summed E-state index contributed by atoms with van der Waals surface area (Å²) in [7, 11) is 0. The van der Waals surface area contributed by atoms with Crippen molar-refractivity contribution in [3.63, 3.8) is 0 Å². The third-order valence-corrected chi connectivity index (χ3v) is 2.91. The third kappa shape index (κ3) is 10.5. The Kier molecular flexibility index (Phi) is 10.2. The molecule has 0 aliphatic carbocycles. The number of nitrogens with two attached hydrogens (primary N) is 1. The number of rotatable bonds is 10. The first-order chi connectivity index (χ1) is 8.97. The van der Waals surface area contributed by atoms with E-state index in [0.717, 1.165) is 19.3 Å². The SMILES string of the molecule is CCOC(=O)CCCNC(=O)C(C)CCCC(C)N. The van der Waals surface area contributed by atoms with Crippen molar-refractivity contribution < 1.29 is 14.3 Å². The van der Waals surface area contributed by atoms with Gasteiger partial charge < -0.3 is 15.8 Å². The summed E-state index contributed by atoms with van der Waals surface area (Å²) in [6, 6.07) is 0.194. The van der Waals surface area contributed by atoms with Gasteiger partial charge in [0.1, 0.15) is 0 Å². The van der Waals surface area contributed by atoms with Gasteiger partial charge in [0.2, 0.25) is 5.91 Å². The first-order valence-electron chi connectivity index (χ1n) is 7.16. The molecule has 0 saturated carbocycles. The summed E-state index contributed by atoms with van der Waals surface area (Å²) in [6.07, 6.45) is 3.74. The van der Waals surface area contributed by atoms with Crippen molar-refractivity contribution in [1.82, 2.24) is 5.32 Å². The minimum absolute atomic E-state index is 0.00124. The van der Waals surface area contributed by atoms with E-state index < -0.39 is 0 Å². The number of ether oxygens (including phenoxy) is 1. The molecule has 19 heavy (non-hydrogen) atoms. The quantitative estimate of drug-likeness (QED) is 0.467. The van der Waals surface area contributed by atoms with Gasteiger partial charge in [-0.25, -0.2) is 0 Å². The molecular weight excluding hydrogens is 244 g/mol. The lowest BCUT2D eigenvalue weighted by molar-refractivity contribution is -0.143. The van der Waals surface area contributed by atoms with Crippen LogP contribution in [-0.4, -0.2) is 31.1 Å². The van der Waals surface area contributed by atoms with Crippen molar-refractivity contribution in [1.29, 1.82) is 0 Å². The molecule has 0 spiro atoms. The Bertz CT molecular complexity index is 267. The number of carbonyl (C=O) groups is 2. The van der Waals surface area contributed by atoms with Crippen molar-refractivity contribution in [3.05, 3.63) is 0 Å². The molecule has 0 aromatic heterocycles. The summed E-state index contributed by atoms with van der Waals surface area (Å²) in [5.74, 6) is -0.156. The molecule has 0 fully saturated rings. The highest BCUT2D eigenvalue weighted by Gasteiger charge is 2.12. The lowest BCUT2D eigenvalue weighted by Crippen LogP contribution is -2.30. The molecule has 2 atom stereocenters. The normalized spacial score (nSPS) is 13.7. The Balaban J connectivity index is 3.59. The van der Waals surface area contributed by atoms with Crippen LogP contribution in [-0.2, 0) is 14.3 Å². The van der Waals surface area contributed by atoms with E-state index in [2.05, 4.69) is 5.32 Å². The summed E-state index contributed by atoms with van der Waals surface area (Å²) in [5, 5.41) is 2.84. The molecule has 0 aromatic rings. The minimum atomic E-state index is -0.207. The van der Waals surface area contributed by atoms with E-state index in [1.54, 1.807) is 6.92 Å². The fourth-order valence-electron chi connectivity index (χ4n) is 1.73. The highest BCUT2D eigenvalue weighted by Crippen LogP contribution is 2.09. The Morgan fingerprint density at radius 1 is 1.21 bits per heavy atom. The molecule has 112 valence electrons. The smallest absolute Gasteiger partial charge is 0.305 e. The van der Waals surface area contributed by atoms with Crippen molar-refractivity contribution in [2.75, 3.05) is 13.2 Å². The van der Waals surface area contributed by atoms with Crippen molar-refractivity contribution in [2.24, 2.45) is 11.7 Å². The van der Waals surface area contributed by atoms with E-state index in [1.165, 1.54) is 0 Å². The second kappa shape index (κ2) is 10.8. The van der Waals surface area contributed by atoms with Crippen LogP contribution in [0.4, 0.5) is 0 Å². The van der Waals surface area contributed by atoms with Crippen LogP contribution in [0.3, 0.4) is 0 Å². The Morgan fingerprint density at radius 3 is 2.47 bits per heavy atom. The molecule has 3 N–H and O–H groups in total. The fourth-order valence-corrected chi connectivity index (χ4v) is 1.73. The number of amides is 1. The maximum atomic E-state index is 11.7. The van der Waals surface area contributed by atoms with Crippen LogP contribution in [0.25, 0.3) is 0 Å². The summed E-state index contributed by atoms with van der Waals surface area (Å²) in [6.45, 7) is 6.60. The second-order valence-electron chi connectivity index (χ2n) is 5.01. The summed E-state index contributed by atoms with van der Waals surface area (Å²) < 4.78 is 4.81. The van der Waals surface area contributed by atoms with Gasteiger partial charge in [-0.05, 0) is 33.1 Å². The molecule has 0 aromatic carbocycles. The maximum absolute atomic E-state index is 11.7. The van der Waals surface area contributed by atoms with E-state index in [-0.39, 0.29) is 23.8 Å². The summed E-state index contributed by atoms with van der Waals surface area (Å²) in [4.78, 5) is 22.8. The van der Waals surface area contributed by atoms with Crippen LogP contribution in [0.1, 0.15) is 52.9 Å². The predicted molar refractivity (Wildman–Crippen MR) is 75.5 cm³/mol. The largest absolute Gasteiger partial charge is 0.466 e. The van der Waals surface area contributed by atoms with Gasteiger partial charge in [-0.15, -0.1) is 0 Å². The molecule has 0 bridgehead atoms. The number of hydrogen-bond donors (Lipinski definition) is 2. The Labute approximate surface area is 116 Å². The molecule has 5 heteroatoms. The number of esters is 1. The van der Waals surface area contributed by atoms with Gasteiger partial charge in [0.15, 0.2) is 0 Å². The van der Waals surface area contributed by atoms with Crippen LogP contribution in [0.2, 0.25) is 0 Å². The first-order valence-corrected chi connectivity index (χ1v) is 7.16. The van der Waals surface area contributed by atoms with Crippen LogP contribution >= 0.6 is 0 Å². The lowest BCUT2D eigenvalue weighted by Gasteiger charge is -2.12. The fraction of sp³-hybridized carbons (Fsp3) is 0.857. The van der Waals surface area contributed by atoms with Crippen LogP contribution in [0.5, 0.6) is 0 Å². The van der Waals surface area contributed by atoms with Gasteiger partial charge in [-0.2, -0.15) is 0 Å². The molecule has 1 amide bonds. The van der Waals surface area contributed by atoms with Gasteiger partial charge in [0, 0.05) is 24.9 Å². The van der Waals surface area contributed by atoms with Crippen LogP contribution in [0.15, 0.2) is 0 Å². The second-order valence-corrected chi connectivity index (χ2v) is 5.01. The van der Waals surface area contributed by atoms with E-state index >= 15 is 0 Å². The average Bonchev–Trinajstić information content (AvgIpc) is 2.34. The first kappa shape index (κ1) is 17.9. The predicted octanol–water partition coefficient (Wildman–Crippen LogP) is 1.60. The zero-order chi connectivity index (χ0) is 14.7. The van der Waals surface area contributed by atoms with E-state index in [1.807, 2.05) is 13.8 Å². The highest BCUT2D eigenvalue weighted by molar-refractivity contribution is 5.78. The van der Waals surface area contributed by atoms with Gasteiger partial charge in [-0.3, -0.25) is 9.59 Å². The van der Waals surface area contributed by atoms with Gasteiger partial charge >= 0.3 is 5.97 Å². The average molecular weight is 272 g/mol. The zero-order valence-electron chi connectivity index (χ0n) is 12.4. The number of hydrogen-bond acceptors (Lipinski definition) is 4. The van der Waals surface area contributed by atoms with Gasteiger partial charge in [-0.1, -0.05) is 13.3 Å². The monoisotopic (exact) mass is 272 g/mol. The number of nitrogens with one attached hydrogen (secondary N) is 1. The van der Waals surface area contributed by atoms with E-state index in [9.17, 15) is 9.59 Å².